The van der Waals surface area contributed by atoms with Crippen molar-refractivity contribution >= 4 is 11.8 Å². The quantitative estimate of drug-likeness (QED) is 0.526. The zero-order chi connectivity index (χ0) is 14.6. The Bertz CT molecular complexity index is 362. The second-order valence-electron chi connectivity index (χ2n) is 5.60. The van der Waals surface area contributed by atoms with E-state index in [1.54, 1.807) is 0 Å². The second kappa shape index (κ2) is 11.1. The summed E-state index contributed by atoms with van der Waals surface area (Å²) in [5.41, 5.74) is 2.34. The van der Waals surface area contributed by atoms with E-state index in [2.05, 4.69) is 24.8 Å². The maximum absolute atomic E-state index is 9.49. The summed E-state index contributed by atoms with van der Waals surface area (Å²) in [6.45, 7) is 4.23. The molecule has 0 bridgehead atoms. The van der Waals surface area contributed by atoms with Crippen molar-refractivity contribution in [2.24, 2.45) is 0 Å². The van der Waals surface area contributed by atoms with Gasteiger partial charge in [0.1, 0.15) is 5.75 Å². The molecule has 0 amide bonds. The van der Waals surface area contributed by atoms with Crippen molar-refractivity contribution in [2.45, 2.75) is 65.2 Å². The molecule has 0 radical (unpaired) electrons. The molecule has 1 aromatic carbocycles. The Kier molecular flexibility index (Phi) is 9.65. The molecule has 20 heavy (non-hydrogen) atoms. The summed E-state index contributed by atoms with van der Waals surface area (Å²) in [6.07, 6.45) is 10.7. The number of hydrogen-bond acceptors (Lipinski definition) is 2. The van der Waals surface area contributed by atoms with Gasteiger partial charge in [0.2, 0.25) is 0 Å². The molecule has 1 N–H and O–H groups in total. The molecule has 0 unspecified atom stereocenters. The predicted octanol–water partition coefficient (Wildman–Crippen LogP) is 5.73. The highest BCUT2D eigenvalue weighted by atomic mass is 32.2. The van der Waals surface area contributed by atoms with E-state index in [-0.39, 0.29) is 0 Å². The second-order valence-corrected chi connectivity index (χ2v) is 6.83. The van der Waals surface area contributed by atoms with Crippen LogP contribution in [0, 0.1) is 6.92 Å². The number of unbranched alkanes of at least 4 members (excludes halogenated alkanes) is 5. The zero-order valence-electron chi connectivity index (χ0n) is 13.2. The number of aromatic hydroxyl groups is 1. The topological polar surface area (TPSA) is 20.2 Å². The fraction of sp³-hybridized carbons (Fsp3) is 0.667. The highest BCUT2D eigenvalue weighted by molar-refractivity contribution is 7.99. The summed E-state index contributed by atoms with van der Waals surface area (Å²) >= 11 is 2.09. The van der Waals surface area contributed by atoms with Gasteiger partial charge in [0.05, 0.1) is 0 Å². The van der Waals surface area contributed by atoms with Crippen LogP contribution in [0.2, 0.25) is 0 Å². The van der Waals surface area contributed by atoms with Gasteiger partial charge in [0, 0.05) is 0 Å². The molecule has 1 nitrogen and oxygen atoms in total. The maximum Gasteiger partial charge on any atom is 0.118 e. The predicted molar refractivity (Wildman–Crippen MR) is 91.9 cm³/mol. The summed E-state index contributed by atoms with van der Waals surface area (Å²) < 4.78 is 0. The minimum Gasteiger partial charge on any atom is -0.508 e. The van der Waals surface area contributed by atoms with E-state index < -0.39 is 0 Å². The largest absolute Gasteiger partial charge is 0.508 e. The highest BCUT2D eigenvalue weighted by Gasteiger charge is 1.98. The lowest BCUT2D eigenvalue weighted by atomic mass is 10.1. The minimum atomic E-state index is 0.409. The molecule has 0 saturated heterocycles. The third kappa shape index (κ3) is 7.84. The number of benzene rings is 1. The summed E-state index contributed by atoms with van der Waals surface area (Å²) in [6, 6.07) is 5.96. The van der Waals surface area contributed by atoms with Gasteiger partial charge in [-0.25, -0.2) is 0 Å². The van der Waals surface area contributed by atoms with Gasteiger partial charge in [-0.3, -0.25) is 0 Å². The van der Waals surface area contributed by atoms with Crippen LogP contribution in [0.25, 0.3) is 0 Å². The lowest BCUT2D eigenvalue weighted by Gasteiger charge is -2.05. The molecular formula is C18H30OS. The van der Waals surface area contributed by atoms with Gasteiger partial charge < -0.3 is 5.11 Å². The minimum absolute atomic E-state index is 0.409. The summed E-state index contributed by atoms with van der Waals surface area (Å²) in [5.74, 6) is 2.99. The van der Waals surface area contributed by atoms with E-state index in [0.717, 1.165) is 12.0 Å². The molecule has 2 heteroatoms. The van der Waals surface area contributed by atoms with Crippen molar-refractivity contribution < 1.29 is 5.11 Å². The van der Waals surface area contributed by atoms with Gasteiger partial charge in [-0.1, -0.05) is 51.2 Å². The Morgan fingerprint density at radius 2 is 1.65 bits per heavy atom. The fourth-order valence-corrected chi connectivity index (χ4v) is 3.30. The van der Waals surface area contributed by atoms with Gasteiger partial charge in [-0.2, -0.15) is 11.8 Å². The molecule has 0 saturated carbocycles. The van der Waals surface area contributed by atoms with Crippen molar-refractivity contribution in [2.75, 3.05) is 11.5 Å². The number of aryl methyl sites for hydroxylation is 2. The Morgan fingerprint density at radius 1 is 0.950 bits per heavy atom. The van der Waals surface area contributed by atoms with Gasteiger partial charge >= 0.3 is 0 Å². The number of rotatable bonds is 11. The van der Waals surface area contributed by atoms with E-state index in [1.165, 1.54) is 62.0 Å². The molecule has 0 heterocycles. The third-order valence-electron chi connectivity index (χ3n) is 3.66. The fourth-order valence-electron chi connectivity index (χ4n) is 2.34. The number of thioether (sulfide) groups is 1. The van der Waals surface area contributed by atoms with Crippen LogP contribution in [0.15, 0.2) is 18.2 Å². The van der Waals surface area contributed by atoms with Crippen LogP contribution in [0.4, 0.5) is 0 Å². The van der Waals surface area contributed by atoms with Crippen LogP contribution < -0.4 is 0 Å². The monoisotopic (exact) mass is 294 g/mol. The van der Waals surface area contributed by atoms with Crippen molar-refractivity contribution in [3.63, 3.8) is 0 Å². The van der Waals surface area contributed by atoms with Crippen LogP contribution in [0.1, 0.15) is 63.0 Å². The van der Waals surface area contributed by atoms with Crippen LogP contribution in [-0.4, -0.2) is 16.6 Å². The van der Waals surface area contributed by atoms with Crippen LogP contribution in [0.3, 0.4) is 0 Å². The van der Waals surface area contributed by atoms with Crippen molar-refractivity contribution in [1.29, 1.82) is 0 Å². The molecule has 0 aliphatic heterocycles. The summed E-state index contributed by atoms with van der Waals surface area (Å²) in [4.78, 5) is 0. The lowest BCUT2D eigenvalue weighted by Crippen LogP contribution is -1.90. The first-order valence-electron chi connectivity index (χ1n) is 8.10. The molecule has 0 spiro atoms. The SMILES string of the molecule is CCCCCCCCSCCCc1ccc(O)c(C)c1. The Hall–Kier alpha value is -0.630. The molecule has 0 aliphatic carbocycles. The first kappa shape index (κ1) is 17.4. The summed E-state index contributed by atoms with van der Waals surface area (Å²) in [5, 5.41) is 9.49. The van der Waals surface area contributed by atoms with E-state index >= 15 is 0 Å². The van der Waals surface area contributed by atoms with Crippen LogP contribution >= 0.6 is 11.8 Å². The molecule has 1 aromatic rings. The highest BCUT2D eigenvalue weighted by Crippen LogP contribution is 2.18. The van der Waals surface area contributed by atoms with Gasteiger partial charge in [-0.15, -0.1) is 0 Å². The summed E-state index contributed by atoms with van der Waals surface area (Å²) in [7, 11) is 0. The average molecular weight is 295 g/mol. The van der Waals surface area contributed by atoms with Gasteiger partial charge in [-0.05, 0) is 54.9 Å². The van der Waals surface area contributed by atoms with E-state index in [4.69, 9.17) is 0 Å². The lowest BCUT2D eigenvalue weighted by molar-refractivity contribution is 0.471. The maximum atomic E-state index is 9.49. The van der Waals surface area contributed by atoms with E-state index in [9.17, 15) is 5.11 Å². The third-order valence-corrected chi connectivity index (χ3v) is 4.81. The smallest absolute Gasteiger partial charge is 0.118 e. The molecule has 0 aliphatic rings. The van der Waals surface area contributed by atoms with E-state index in [0.29, 0.717) is 5.75 Å². The van der Waals surface area contributed by atoms with Gasteiger partial charge in [0.15, 0.2) is 0 Å². The Labute approximate surface area is 129 Å². The zero-order valence-corrected chi connectivity index (χ0v) is 14.0. The van der Waals surface area contributed by atoms with Crippen molar-refractivity contribution in [3.8, 4) is 5.75 Å². The first-order chi connectivity index (χ1) is 9.74. The number of phenolic OH excluding ortho intramolecular Hbond substituents is 1. The Balaban J connectivity index is 1.95. The molecule has 114 valence electrons. The molecule has 0 fully saturated rings. The van der Waals surface area contributed by atoms with Crippen LogP contribution in [-0.2, 0) is 6.42 Å². The number of hydrogen-bond donors (Lipinski definition) is 1. The first-order valence-corrected chi connectivity index (χ1v) is 9.25. The Morgan fingerprint density at radius 3 is 2.40 bits per heavy atom. The molecule has 0 aromatic heterocycles. The molecular weight excluding hydrogens is 264 g/mol. The number of phenols is 1. The van der Waals surface area contributed by atoms with Crippen molar-refractivity contribution in [3.05, 3.63) is 29.3 Å². The average Bonchev–Trinajstić information content (AvgIpc) is 2.45. The van der Waals surface area contributed by atoms with E-state index in [1.807, 2.05) is 19.1 Å². The van der Waals surface area contributed by atoms with Crippen molar-refractivity contribution in [1.82, 2.24) is 0 Å². The normalized spacial score (nSPS) is 10.9. The molecule has 1 rings (SSSR count). The van der Waals surface area contributed by atoms with Gasteiger partial charge in [0.25, 0.3) is 0 Å². The van der Waals surface area contributed by atoms with Crippen LogP contribution in [0.5, 0.6) is 5.75 Å². The standard InChI is InChI=1S/C18H30OS/c1-3-4-5-6-7-8-13-20-14-9-10-17-11-12-18(19)16(2)15-17/h11-12,15,19H,3-10,13-14H2,1-2H3. The molecule has 0 atom stereocenters.